The second kappa shape index (κ2) is 24.4. The van der Waals surface area contributed by atoms with Crippen molar-refractivity contribution in [2.75, 3.05) is 47.2 Å². The van der Waals surface area contributed by atoms with Crippen molar-refractivity contribution < 1.29 is 114 Å². The molecule has 16 nitrogen and oxygen atoms in total. The van der Waals surface area contributed by atoms with Crippen molar-refractivity contribution in [1.29, 1.82) is 0 Å². The number of amides is 4. The van der Waals surface area contributed by atoms with Gasteiger partial charge in [0.25, 0.3) is 23.6 Å². The predicted octanol–water partition coefficient (Wildman–Crippen LogP) is 10.2. The van der Waals surface area contributed by atoms with Crippen LogP contribution in [0.2, 0.25) is 0 Å². The molecule has 4 amide bonds. The fourth-order valence-corrected chi connectivity index (χ4v) is 10.7. The van der Waals surface area contributed by atoms with Crippen LogP contribution in [0.25, 0.3) is 0 Å². The molecule has 0 aliphatic carbocycles. The predicted molar refractivity (Wildman–Crippen MR) is 273 cm³/mol. The zero-order valence-corrected chi connectivity index (χ0v) is 47.4. The fourth-order valence-electron chi connectivity index (χ4n) is 7.59. The maximum Gasteiger partial charge on any atom is 0.435 e. The summed E-state index contributed by atoms with van der Waals surface area (Å²) in [6.07, 6.45) is -21.4. The Morgan fingerprint density at radius 1 is 0.488 bits per heavy atom. The number of benzene rings is 4. The number of anilines is 2. The lowest BCUT2D eigenvalue weighted by Gasteiger charge is -2.30. The molecule has 456 valence electrons. The van der Waals surface area contributed by atoms with Crippen molar-refractivity contribution in [1.82, 2.24) is 10.6 Å². The highest BCUT2D eigenvalue weighted by Crippen LogP contribution is 2.55. The highest BCUT2D eigenvalue weighted by atomic mass is 32.2. The number of carbonyl (C=O) groups is 4. The zero-order chi connectivity index (χ0) is 63.6. The van der Waals surface area contributed by atoms with Gasteiger partial charge >= 0.3 is 56.3 Å². The summed E-state index contributed by atoms with van der Waals surface area (Å²) in [5.41, 5.74) is -20.9. The lowest BCUT2D eigenvalue weighted by Crippen LogP contribution is -2.50. The van der Waals surface area contributed by atoms with E-state index in [1.807, 2.05) is 0 Å². The van der Waals surface area contributed by atoms with Crippen molar-refractivity contribution in [3.05, 3.63) is 117 Å². The number of carbonyl (C=O) groups excluding carboxylic acids is 4. The van der Waals surface area contributed by atoms with E-state index in [1.54, 1.807) is 20.1 Å². The molecular weight excluding hydrogens is 1220 g/mol. The second-order valence-corrected chi connectivity index (χ2v) is 25.5. The third-order valence-electron chi connectivity index (χ3n) is 10.8. The van der Waals surface area contributed by atoms with Crippen LogP contribution in [0.1, 0.15) is 91.4 Å². The van der Waals surface area contributed by atoms with Gasteiger partial charge in [-0.1, -0.05) is 36.4 Å². The lowest BCUT2D eigenvalue weighted by molar-refractivity contribution is -0.349. The van der Waals surface area contributed by atoms with Crippen LogP contribution in [0.4, 0.5) is 72.8 Å². The zero-order valence-electron chi connectivity index (χ0n) is 44.2. The molecule has 0 saturated heterocycles. The van der Waals surface area contributed by atoms with Crippen molar-refractivity contribution >= 4 is 76.8 Å². The molecule has 0 bridgehead atoms. The number of alkyl halides is 14. The van der Waals surface area contributed by atoms with Gasteiger partial charge in [-0.25, -0.2) is 17.2 Å². The Labute approximate surface area is 464 Å². The Morgan fingerprint density at radius 3 is 1.07 bits per heavy atom. The molecule has 0 radical (unpaired) electrons. The highest BCUT2D eigenvalue weighted by molar-refractivity contribution is 7.98. The SMILES string of the molecule is CSCC(C)(C)NC(=O)c1c(OS(C)(=O)=O)cccc1C(=O)Nc1ccc(C(F)(C(F)(F)F)C(F)(F)F)cc1C.Cc1cc(C(F)(C(F)(F)F)C(F)(F)F)ccc1NC(=O)c1cccc(OS(C)(=O)=O)c1C(=O)NC(C)(C)CS(C)(=O)=O. The minimum absolute atomic E-state index is 0.175. The monoisotopic (exact) mass is 1270 g/mol. The molecule has 0 heterocycles. The standard InChI is InChI=1S/C24H25F7N2O7S2.C24H25F7N2O5S2/c1-13-11-14(22(25,23(26,27)28)24(29,30)31)9-10-16(13)32-19(34)15-7-6-8-17(40-42(5,38)39)18(15)20(35)33-21(2,3)12-41(4,36)37;1-13-11-14(22(25,23(26,27)28)24(29,30)31)9-10-16(13)32-19(34)15-7-6-8-17(38-40(5,36)37)18(15)20(35)33-21(2,3)12-39-4/h6-11H,12H2,1-5H3,(H,32,34)(H,33,35);6-11H,12H2,1-5H3,(H,32,34)(H,33,35). The number of hydrogen-bond donors (Lipinski definition) is 4. The fraction of sp³-hybridized carbons (Fsp3) is 0.417. The molecule has 4 N–H and O–H groups in total. The van der Waals surface area contributed by atoms with Crippen LogP contribution in [0.5, 0.6) is 11.5 Å². The van der Waals surface area contributed by atoms with Crippen LogP contribution in [0, 0.1) is 13.8 Å². The van der Waals surface area contributed by atoms with E-state index in [9.17, 15) is 106 Å². The molecular formula is C48H50F14N4O12S4. The number of thioether (sulfide) groups is 1. The van der Waals surface area contributed by atoms with E-state index in [1.165, 1.54) is 31.7 Å². The van der Waals surface area contributed by atoms with Crippen LogP contribution < -0.4 is 29.6 Å². The minimum atomic E-state index is -6.37. The summed E-state index contributed by atoms with van der Waals surface area (Å²) >= 11 is 1.39. The van der Waals surface area contributed by atoms with Crippen LogP contribution in [-0.2, 0) is 41.4 Å². The van der Waals surface area contributed by atoms with Gasteiger partial charge < -0.3 is 29.6 Å². The molecule has 34 heteroatoms. The number of nitrogens with one attached hydrogen (secondary N) is 4. The molecule has 0 spiro atoms. The third kappa shape index (κ3) is 17.3. The van der Waals surface area contributed by atoms with Gasteiger partial charge in [-0.3, -0.25) is 19.2 Å². The van der Waals surface area contributed by atoms with E-state index < -0.39 is 157 Å². The largest absolute Gasteiger partial charge is 0.435 e. The molecule has 0 unspecified atom stereocenters. The Morgan fingerprint density at radius 2 is 0.805 bits per heavy atom. The normalized spacial score (nSPS) is 13.3. The molecule has 4 aromatic carbocycles. The molecule has 0 aliphatic rings. The molecule has 4 aromatic rings. The van der Waals surface area contributed by atoms with Crippen LogP contribution in [0.15, 0.2) is 72.8 Å². The average Bonchev–Trinajstić information content (AvgIpc) is 3.25. The minimum Gasteiger partial charge on any atom is -0.382 e. The average molecular weight is 1270 g/mol. The third-order valence-corrected chi connectivity index (χ3v) is 14.0. The first-order chi connectivity index (χ1) is 36.7. The van der Waals surface area contributed by atoms with E-state index in [4.69, 9.17) is 8.37 Å². The van der Waals surface area contributed by atoms with Crippen molar-refractivity contribution in [3.63, 3.8) is 0 Å². The van der Waals surface area contributed by atoms with Crippen molar-refractivity contribution in [3.8, 4) is 11.5 Å². The molecule has 0 fully saturated rings. The molecule has 0 saturated carbocycles. The van der Waals surface area contributed by atoms with Gasteiger partial charge in [-0.2, -0.15) is 81.3 Å². The summed E-state index contributed by atoms with van der Waals surface area (Å²) in [5, 5.41) is 9.41. The van der Waals surface area contributed by atoms with Gasteiger partial charge in [0.1, 0.15) is 9.84 Å². The molecule has 0 atom stereocenters. The van der Waals surface area contributed by atoms with E-state index >= 15 is 0 Å². The van der Waals surface area contributed by atoms with Gasteiger partial charge in [0.2, 0.25) is 0 Å². The lowest BCUT2D eigenvalue weighted by atomic mass is 9.92. The molecule has 0 aromatic heterocycles. The Balaban J connectivity index is 0.000000431. The Hall–Kier alpha value is -6.42. The number of halogens is 14. The summed E-state index contributed by atoms with van der Waals surface area (Å²) < 4.78 is 267. The van der Waals surface area contributed by atoms with Gasteiger partial charge in [-0.15, -0.1) is 0 Å². The smallest absolute Gasteiger partial charge is 0.382 e. The van der Waals surface area contributed by atoms with Gasteiger partial charge in [0.05, 0.1) is 40.5 Å². The first-order valence-electron chi connectivity index (χ1n) is 22.6. The van der Waals surface area contributed by atoms with Gasteiger partial charge in [-0.05, 0) is 95.3 Å². The first-order valence-corrected chi connectivity index (χ1v) is 29.7. The van der Waals surface area contributed by atoms with Crippen LogP contribution in [-0.4, -0.2) is 121 Å². The topological polar surface area (TPSA) is 237 Å². The maximum absolute atomic E-state index is 14.5. The molecule has 4 rings (SSSR count). The number of hydrogen-bond acceptors (Lipinski definition) is 13. The Kier molecular flexibility index (Phi) is 20.8. The van der Waals surface area contributed by atoms with Gasteiger partial charge in [0.15, 0.2) is 11.5 Å². The maximum atomic E-state index is 14.5. The van der Waals surface area contributed by atoms with E-state index in [2.05, 4.69) is 21.3 Å². The first kappa shape index (κ1) is 69.8. The number of aryl methyl sites for hydroxylation is 2. The van der Waals surface area contributed by atoms with E-state index in [0.29, 0.717) is 36.5 Å². The summed E-state index contributed by atoms with van der Waals surface area (Å²) in [5.74, 6) is -5.63. The summed E-state index contributed by atoms with van der Waals surface area (Å²) in [6.45, 7) is 8.00. The van der Waals surface area contributed by atoms with Crippen LogP contribution >= 0.6 is 11.8 Å². The summed E-state index contributed by atoms with van der Waals surface area (Å²) in [4.78, 5) is 52.8. The van der Waals surface area contributed by atoms with E-state index in [-0.39, 0.29) is 35.1 Å². The highest BCUT2D eigenvalue weighted by Gasteiger charge is 2.74. The second-order valence-electron chi connectivity index (χ2n) is 19.4. The number of rotatable bonds is 18. The molecule has 0 aliphatic heterocycles. The summed E-state index contributed by atoms with van der Waals surface area (Å²) in [7, 11) is -12.1. The van der Waals surface area contributed by atoms with E-state index in [0.717, 1.165) is 50.4 Å². The van der Waals surface area contributed by atoms with Crippen molar-refractivity contribution in [2.24, 2.45) is 0 Å². The summed E-state index contributed by atoms with van der Waals surface area (Å²) in [6, 6.07) is 8.73. The van der Waals surface area contributed by atoms with Gasteiger partial charge in [0, 0.05) is 45.6 Å². The number of sulfone groups is 1. The quantitative estimate of drug-likeness (QED) is 0.0537. The Bertz CT molecular complexity index is 3410. The van der Waals surface area contributed by atoms with Crippen LogP contribution in [0.3, 0.4) is 0 Å². The van der Waals surface area contributed by atoms with Crippen molar-refractivity contribution in [2.45, 2.75) is 88.7 Å². The molecule has 82 heavy (non-hydrogen) atoms.